The summed E-state index contributed by atoms with van der Waals surface area (Å²) in [4.78, 5) is 80.4. The van der Waals surface area contributed by atoms with Crippen LogP contribution in [-0.2, 0) is 64.0 Å². The molecule has 39 heteroatoms. The van der Waals surface area contributed by atoms with Crippen LogP contribution in [0.2, 0.25) is 0 Å². The molecule has 12 N–H and O–H groups in total. The van der Waals surface area contributed by atoms with Crippen LogP contribution in [0.1, 0.15) is 261 Å². The third-order valence-electron chi connectivity index (χ3n) is 24.1. The van der Waals surface area contributed by atoms with Crippen molar-refractivity contribution in [3.8, 4) is 23.0 Å². The van der Waals surface area contributed by atoms with Gasteiger partial charge in [0.2, 0.25) is 52.3 Å². The minimum Gasteiger partial charge on any atom is -0.490 e. The van der Waals surface area contributed by atoms with E-state index in [1.54, 1.807) is 79.7 Å². The first kappa shape index (κ1) is 106. The second-order valence-electron chi connectivity index (χ2n) is 36.1. The van der Waals surface area contributed by atoms with E-state index in [1.807, 2.05) is 0 Å². The van der Waals surface area contributed by atoms with Crippen molar-refractivity contribution in [3.05, 3.63) is 154 Å². The number of Topliss-reactive ketones (excluding diaryl/α,β-unsaturated/α-hetero) is 1. The van der Waals surface area contributed by atoms with E-state index in [9.17, 15) is 84.8 Å². The Morgan fingerprint density at radius 2 is 0.767 bits per heavy atom. The summed E-state index contributed by atoms with van der Waals surface area (Å²) >= 11 is 0. The fourth-order valence-corrected chi connectivity index (χ4v) is 20.8. The molecule has 0 spiro atoms. The van der Waals surface area contributed by atoms with E-state index < -0.39 is 81.4 Å². The van der Waals surface area contributed by atoms with Crippen LogP contribution in [0.5, 0.6) is 23.0 Å². The molecule has 4 atom stereocenters. The van der Waals surface area contributed by atoms with Gasteiger partial charge in [0, 0.05) is 37.3 Å². The Morgan fingerprint density at radius 1 is 0.451 bits per heavy atom. The number of carbonyl (C=O) groups excluding carboxylic acids is 7. The highest BCUT2D eigenvalue weighted by atomic mass is 32.2. The molecule has 0 aromatic heterocycles. The number of hydrogen-bond donors (Lipinski definition) is 9. The average Bonchev–Trinajstić information content (AvgIpc) is 1.64. The fourth-order valence-electron chi connectivity index (χ4n) is 15.1. The van der Waals surface area contributed by atoms with E-state index in [1.165, 1.54) is 41.0 Å². The van der Waals surface area contributed by atoms with E-state index >= 15 is 0 Å². The molecular weight excluding hydrogens is 1810 g/mol. The van der Waals surface area contributed by atoms with Gasteiger partial charge in [-0.3, -0.25) is 45.9 Å². The number of ketones is 1. The first-order valence-corrected chi connectivity index (χ1v) is 53.5. The molecule has 2 aliphatic heterocycles. The normalized spacial score (nSPS) is 17.8. The Morgan fingerprint density at radius 3 is 1.04 bits per heavy atom. The first-order valence-electron chi connectivity index (χ1n) is 46.8. The number of nitrogens with two attached hydrogens (primary N) is 3. The predicted octanol–water partition coefficient (Wildman–Crippen LogP) is 12.2. The molecule has 31 nitrogen and oxygen atoms in total. The summed E-state index contributed by atoms with van der Waals surface area (Å²) in [5, 5.41) is 5.25. The number of urea groups is 1. The zero-order valence-corrected chi connectivity index (χ0v) is 79.4. The van der Waals surface area contributed by atoms with Crippen molar-refractivity contribution in [2.45, 2.75) is 218 Å². The van der Waals surface area contributed by atoms with Crippen LogP contribution in [0.25, 0.3) is 0 Å². The van der Waals surface area contributed by atoms with Crippen molar-refractivity contribution in [1.29, 1.82) is 0 Å². The van der Waals surface area contributed by atoms with Gasteiger partial charge in [-0.05, 0) is 311 Å². The molecule has 8 aliphatic carbocycles. The molecule has 5 aromatic rings. The van der Waals surface area contributed by atoms with E-state index in [2.05, 4.69) is 45.9 Å². The average molecular weight is 1940 g/mol. The standard InChI is InChI=1S/C27H31FN2O5S.C22H30FN3O5S.C22H33FN2O4S.C19H29FN2O3S.C4H6O3.H4N2/c28-23-13-12-20(16-24(23)35-17-18-8-9-18)25(19-10-11-19)29-36(33,34)15-5-1-4-14-30-26(31)21-6-2-3-7-22(21)27(30)32;23-18-9-8-17(12-19(18)31-14-15-4-5-15)21(16-6-7-16)25-32(29,30)11-3-1-2-10-26-13-20(27)24-22(26)28;1-16(26)14-24-11-3-2-4-12-30(27,28)25-22(18-7-8-18)19-9-10-20(23)21(13-19)29-15-17-5-6-17;20-17-9-8-16(12-18(17)25-13-14-4-5-14)19(15-6-7-15)22-26(23,24)11-3-1-2-10-21;1-2-7-4(6)3-5;1-2/h2-3,6-7,12-13,16,18-19,25,29H,1,4-5,8-11,14-15,17H2;8-9,12,15-16,21,25H,1-7,10-11,13-14H2,(H,24,27,28);9-10,13,17-18,22,24-25H,2-8,11-12,14-15H2,1H3;8-9,12,14-15,19,22H,1-7,10-11,13,21H2;3H,2H2,1H3;1-2H2. The third kappa shape index (κ3) is 37.8. The monoisotopic (exact) mass is 1940 g/mol. The quantitative estimate of drug-likeness (QED) is 0.00201. The number of hydrazine groups is 1. The van der Waals surface area contributed by atoms with Crippen molar-refractivity contribution >= 4 is 81.9 Å². The van der Waals surface area contributed by atoms with Gasteiger partial charge in [0.15, 0.2) is 46.3 Å². The van der Waals surface area contributed by atoms with Crippen molar-refractivity contribution in [2.24, 2.45) is 64.8 Å². The number of unbranched alkanes of at least 4 members (excludes halogenated alkanes) is 8. The third-order valence-corrected chi connectivity index (χ3v) is 29.8. The first-order chi connectivity index (χ1) is 63.8. The summed E-state index contributed by atoms with van der Waals surface area (Å²) in [5.74, 6) is 8.56. The summed E-state index contributed by atoms with van der Waals surface area (Å²) in [6.07, 6.45) is 24.3. The predicted molar refractivity (Wildman–Crippen MR) is 494 cm³/mol. The molecule has 0 radical (unpaired) electrons. The van der Waals surface area contributed by atoms with Crippen LogP contribution in [0, 0.1) is 70.6 Å². The van der Waals surface area contributed by atoms with Crippen LogP contribution in [-0.4, -0.2) is 181 Å². The van der Waals surface area contributed by atoms with Crippen molar-refractivity contribution < 1.29 is 108 Å². The molecule has 2 heterocycles. The highest BCUT2D eigenvalue weighted by Gasteiger charge is 2.41. The highest BCUT2D eigenvalue weighted by molar-refractivity contribution is 7.90. The van der Waals surface area contributed by atoms with Crippen LogP contribution >= 0.6 is 0 Å². The van der Waals surface area contributed by atoms with Gasteiger partial charge < -0.3 is 39.6 Å². The highest BCUT2D eigenvalue weighted by Crippen LogP contribution is 2.47. The molecule has 133 heavy (non-hydrogen) atoms. The Kier molecular flexibility index (Phi) is 41.7. The number of fused-ring (bicyclic) bond motifs is 1. The maximum absolute atomic E-state index is 14.2. The number of benzene rings is 5. The van der Waals surface area contributed by atoms with Crippen LogP contribution < -0.4 is 65.9 Å². The molecule has 1 saturated heterocycles. The molecule has 0 bridgehead atoms. The van der Waals surface area contributed by atoms with Gasteiger partial charge in [0.1, 0.15) is 12.3 Å². The smallest absolute Gasteiger partial charge is 0.371 e. The second-order valence-corrected chi connectivity index (χ2v) is 43.6. The zero-order valence-electron chi connectivity index (χ0n) is 76.1. The van der Waals surface area contributed by atoms with Gasteiger partial charge in [0.25, 0.3) is 11.8 Å². The number of amides is 5. The molecule has 8 saturated carbocycles. The molecular formula is C94H133F4N11O20S4. The number of nitrogens with one attached hydrogen (secondary N) is 6. The number of ether oxygens (including phenoxy) is 5. The maximum atomic E-state index is 14.2. The van der Waals surface area contributed by atoms with E-state index in [4.69, 9.17) is 24.7 Å². The van der Waals surface area contributed by atoms with Gasteiger partial charge in [0.05, 0.1) is 73.7 Å². The van der Waals surface area contributed by atoms with Crippen LogP contribution in [0.4, 0.5) is 22.4 Å². The summed E-state index contributed by atoms with van der Waals surface area (Å²) in [5.41, 5.74) is 9.29. The molecule has 4 unspecified atom stereocenters. The van der Waals surface area contributed by atoms with Crippen LogP contribution in [0.3, 0.4) is 0 Å². The van der Waals surface area contributed by atoms with E-state index in [-0.39, 0.29) is 137 Å². The summed E-state index contributed by atoms with van der Waals surface area (Å²) in [6.45, 7) is 7.85. The lowest BCUT2D eigenvalue weighted by Crippen LogP contribution is -2.32. The number of sulfonamides is 4. The topological polar surface area (TPSA) is 459 Å². The minimum absolute atomic E-state index is 0.0203. The number of carbonyl (C=O) groups is 7. The van der Waals surface area contributed by atoms with E-state index in [0.717, 1.165) is 151 Å². The molecule has 5 amide bonds. The van der Waals surface area contributed by atoms with Crippen LogP contribution in [0.15, 0.2) is 97.1 Å². The fraction of sp³-hybridized carbons (Fsp3) is 0.606. The number of aldehydes is 1. The molecule has 5 aromatic carbocycles. The number of hydrogen-bond acceptors (Lipinski definition) is 24. The second kappa shape index (κ2) is 52.1. The summed E-state index contributed by atoms with van der Waals surface area (Å²) in [7, 11) is -13.9. The summed E-state index contributed by atoms with van der Waals surface area (Å²) < 4.78 is 196. The minimum atomic E-state index is -3.57. The Labute approximate surface area is 779 Å². The van der Waals surface area contributed by atoms with E-state index in [0.29, 0.717) is 139 Å². The van der Waals surface area contributed by atoms with Gasteiger partial charge in [-0.1, -0.05) is 62.1 Å². The van der Waals surface area contributed by atoms with Crippen molar-refractivity contribution in [3.63, 3.8) is 0 Å². The lowest BCUT2D eigenvalue weighted by molar-refractivity contribution is -0.148. The summed E-state index contributed by atoms with van der Waals surface area (Å²) in [6, 6.07) is 23.5. The molecule has 10 aliphatic rings. The number of nitrogens with zero attached hydrogens (tertiary/aromatic N) is 2. The van der Waals surface area contributed by atoms with Gasteiger partial charge >= 0.3 is 12.0 Å². The maximum Gasteiger partial charge on any atom is 0.371 e. The number of rotatable bonds is 55. The molecule has 15 rings (SSSR count). The lowest BCUT2D eigenvalue weighted by Gasteiger charge is -2.20. The molecule has 9 fully saturated rings. The zero-order chi connectivity index (χ0) is 95.8. The SMILES string of the molecule is CC(=O)CNCCCCCS(=O)(=O)NC(c1ccc(F)c(OCC2CC2)c1)C1CC1.CCOC(=O)C=O.NCCCCCS(=O)(=O)NC(c1ccc(F)c(OCC2CC2)c1)C1CC1.NN.O=C1CN(CCCCCS(=O)(=O)NC(c2ccc(F)c(OCC3CC3)c2)C2CC2)C(=O)N1.O=C1c2ccccc2C(=O)N1CCCCCS(=O)(=O)NC(c1ccc(F)c(OCC2CC2)c1)C1CC1. The lowest BCUT2D eigenvalue weighted by atomic mass is 10.0. The molecule has 736 valence electrons. The largest absolute Gasteiger partial charge is 0.490 e. The number of halogens is 4. The van der Waals surface area contributed by atoms with Gasteiger partial charge in [-0.2, -0.15) is 0 Å². The van der Waals surface area contributed by atoms with Crippen molar-refractivity contribution in [2.75, 3.05) is 95.3 Å². The Hall–Kier alpha value is -8.61. The van der Waals surface area contributed by atoms with Crippen molar-refractivity contribution in [1.82, 2.24) is 39.3 Å². The Bertz CT molecular complexity index is 5140. The number of imide groups is 2. The van der Waals surface area contributed by atoms with Gasteiger partial charge in [-0.15, -0.1) is 0 Å². The Balaban J connectivity index is 0.000000179. The number of esters is 1. The van der Waals surface area contributed by atoms with Gasteiger partial charge in [-0.25, -0.2) is 79.7 Å².